The molecular formula is C10H16O3. The van der Waals surface area contributed by atoms with Gasteiger partial charge in [-0.3, -0.25) is 0 Å². The number of rotatable bonds is 1. The molecule has 0 bridgehead atoms. The average Bonchev–Trinajstić information content (AvgIpc) is 2.47. The van der Waals surface area contributed by atoms with E-state index in [4.69, 9.17) is 9.47 Å². The van der Waals surface area contributed by atoms with E-state index in [1.807, 2.05) is 0 Å². The van der Waals surface area contributed by atoms with Crippen LogP contribution in [0.2, 0.25) is 0 Å². The van der Waals surface area contributed by atoms with Crippen LogP contribution in [0.25, 0.3) is 0 Å². The number of esters is 1. The Balaban J connectivity index is 1.95. The molecular weight excluding hydrogens is 168 g/mol. The van der Waals surface area contributed by atoms with Crippen LogP contribution in [0.3, 0.4) is 0 Å². The highest BCUT2D eigenvalue weighted by Crippen LogP contribution is 2.31. The van der Waals surface area contributed by atoms with Gasteiger partial charge in [0.1, 0.15) is 0 Å². The Morgan fingerprint density at radius 1 is 1.23 bits per heavy atom. The van der Waals surface area contributed by atoms with E-state index in [1.54, 1.807) is 6.92 Å². The lowest BCUT2D eigenvalue weighted by molar-refractivity contribution is -0.143. The first-order chi connectivity index (χ1) is 6.27. The molecule has 3 heteroatoms. The quantitative estimate of drug-likeness (QED) is 0.583. The molecule has 2 aliphatic rings. The number of hydrogen-bond acceptors (Lipinski definition) is 3. The highest BCUT2D eigenvalue weighted by molar-refractivity contribution is 5.76. The third-order valence-electron chi connectivity index (χ3n) is 2.93. The fourth-order valence-corrected chi connectivity index (χ4v) is 2.26. The van der Waals surface area contributed by atoms with Gasteiger partial charge < -0.3 is 9.47 Å². The van der Waals surface area contributed by atoms with Crippen molar-refractivity contribution in [1.29, 1.82) is 0 Å². The maximum atomic E-state index is 11.3. The first-order valence-corrected chi connectivity index (χ1v) is 5.13. The summed E-state index contributed by atoms with van der Waals surface area (Å²) in [7, 11) is 0. The molecule has 1 aliphatic carbocycles. The minimum Gasteiger partial charge on any atom is -0.434 e. The summed E-state index contributed by atoms with van der Waals surface area (Å²) >= 11 is 0. The number of hydrogen-bond donors (Lipinski definition) is 0. The van der Waals surface area contributed by atoms with Gasteiger partial charge in [-0.05, 0) is 25.7 Å². The van der Waals surface area contributed by atoms with Crippen LogP contribution in [0.15, 0.2) is 0 Å². The molecule has 1 unspecified atom stereocenters. The molecule has 13 heavy (non-hydrogen) atoms. The monoisotopic (exact) mass is 184 g/mol. The van der Waals surface area contributed by atoms with E-state index in [1.165, 1.54) is 19.3 Å². The number of ether oxygens (including phenoxy) is 2. The molecule has 0 radical (unpaired) electrons. The van der Waals surface area contributed by atoms with Crippen LogP contribution in [0, 0.1) is 5.92 Å². The van der Waals surface area contributed by atoms with E-state index < -0.39 is 0 Å². The van der Waals surface area contributed by atoms with Crippen molar-refractivity contribution in [2.75, 3.05) is 0 Å². The van der Waals surface area contributed by atoms with E-state index in [0.29, 0.717) is 5.92 Å². The summed E-state index contributed by atoms with van der Waals surface area (Å²) in [6.45, 7) is 1.78. The topological polar surface area (TPSA) is 35.5 Å². The van der Waals surface area contributed by atoms with Crippen LogP contribution in [0.1, 0.15) is 39.0 Å². The van der Waals surface area contributed by atoms with E-state index in [9.17, 15) is 4.79 Å². The smallest absolute Gasteiger partial charge is 0.338 e. The minimum atomic E-state index is -0.334. The van der Waals surface area contributed by atoms with Gasteiger partial charge in [0.15, 0.2) is 6.10 Å². The fourth-order valence-electron chi connectivity index (χ4n) is 2.26. The zero-order valence-corrected chi connectivity index (χ0v) is 7.99. The summed E-state index contributed by atoms with van der Waals surface area (Å²) in [6, 6.07) is 0. The van der Waals surface area contributed by atoms with Gasteiger partial charge in [0.25, 0.3) is 0 Å². The van der Waals surface area contributed by atoms with Gasteiger partial charge in [0.2, 0.25) is 6.29 Å². The number of cyclic esters (lactones) is 1. The van der Waals surface area contributed by atoms with E-state index in [2.05, 4.69) is 0 Å². The Labute approximate surface area is 78.4 Å². The van der Waals surface area contributed by atoms with Gasteiger partial charge in [-0.25, -0.2) is 4.79 Å². The highest BCUT2D eigenvalue weighted by atomic mass is 16.7. The molecule has 0 aromatic heterocycles. The van der Waals surface area contributed by atoms with Crippen molar-refractivity contribution in [3.8, 4) is 0 Å². The van der Waals surface area contributed by atoms with Crippen LogP contribution in [-0.2, 0) is 14.3 Å². The average molecular weight is 184 g/mol. The zero-order chi connectivity index (χ0) is 9.26. The molecule has 0 N–H and O–H groups in total. The Bertz CT molecular complexity index is 196. The Kier molecular flexibility index (Phi) is 2.54. The Hall–Kier alpha value is -0.570. The normalized spacial score (nSPS) is 36.2. The maximum Gasteiger partial charge on any atom is 0.338 e. The predicted molar refractivity (Wildman–Crippen MR) is 47.0 cm³/mol. The Morgan fingerprint density at radius 3 is 2.46 bits per heavy atom. The third kappa shape index (κ3) is 1.85. The second kappa shape index (κ2) is 3.66. The summed E-state index contributed by atoms with van der Waals surface area (Å²) < 4.78 is 10.4. The van der Waals surface area contributed by atoms with Crippen LogP contribution in [-0.4, -0.2) is 18.4 Å². The third-order valence-corrected chi connectivity index (χ3v) is 2.93. The van der Waals surface area contributed by atoms with Gasteiger partial charge in [0.05, 0.1) is 0 Å². The molecule has 3 nitrogen and oxygen atoms in total. The van der Waals surface area contributed by atoms with Gasteiger partial charge in [-0.15, -0.1) is 0 Å². The van der Waals surface area contributed by atoms with Crippen molar-refractivity contribution < 1.29 is 14.3 Å². The van der Waals surface area contributed by atoms with Crippen LogP contribution in [0.4, 0.5) is 0 Å². The van der Waals surface area contributed by atoms with E-state index in [-0.39, 0.29) is 18.4 Å². The van der Waals surface area contributed by atoms with Crippen LogP contribution < -0.4 is 0 Å². The number of carbonyl (C=O) groups excluding carboxylic acids is 1. The summed E-state index contributed by atoms with van der Waals surface area (Å²) in [5.74, 6) is 0.255. The van der Waals surface area contributed by atoms with Crippen molar-refractivity contribution in [1.82, 2.24) is 0 Å². The van der Waals surface area contributed by atoms with Crippen molar-refractivity contribution in [3.05, 3.63) is 0 Å². The standard InChI is InChI=1S/C10H16O3/c1-7-12-9(10(11)13-7)8-5-3-2-4-6-8/h7-9H,2-6H2,1H3/t7?,9-/m0/s1. The van der Waals surface area contributed by atoms with Crippen molar-refractivity contribution in [3.63, 3.8) is 0 Å². The molecule has 2 fully saturated rings. The van der Waals surface area contributed by atoms with Crippen LogP contribution in [0.5, 0.6) is 0 Å². The first-order valence-electron chi connectivity index (χ1n) is 5.13. The summed E-state index contributed by atoms with van der Waals surface area (Å²) in [5, 5.41) is 0. The molecule has 0 spiro atoms. The van der Waals surface area contributed by atoms with Crippen molar-refractivity contribution in [2.45, 2.75) is 51.4 Å². The van der Waals surface area contributed by atoms with E-state index in [0.717, 1.165) is 12.8 Å². The molecule has 1 saturated heterocycles. The predicted octanol–water partition coefficient (Wildman–Crippen LogP) is 1.85. The molecule has 1 aliphatic heterocycles. The van der Waals surface area contributed by atoms with Gasteiger partial charge in [-0.2, -0.15) is 0 Å². The number of carbonyl (C=O) groups is 1. The highest BCUT2D eigenvalue weighted by Gasteiger charge is 2.38. The fraction of sp³-hybridized carbons (Fsp3) is 0.900. The van der Waals surface area contributed by atoms with Gasteiger partial charge in [-0.1, -0.05) is 19.3 Å². The van der Waals surface area contributed by atoms with E-state index >= 15 is 0 Å². The van der Waals surface area contributed by atoms with Crippen LogP contribution >= 0.6 is 0 Å². The summed E-state index contributed by atoms with van der Waals surface area (Å²) in [4.78, 5) is 11.3. The molecule has 74 valence electrons. The zero-order valence-electron chi connectivity index (χ0n) is 7.99. The SMILES string of the molecule is CC1OC(=O)[C@H](C2CCCCC2)O1. The molecule has 1 saturated carbocycles. The van der Waals surface area contributed by atoms with Crippen molar-refractivity contribution in [2.24, 2.45) is 5.92 Å². The molecule has 0 aromatic carbocycles. The molecule has 2 atom stereocenters. The summed E-state index contributed by atoms with van der Waals surface area (Å²) in [5.41, 5.74) is 0. The lowest BCUT2D eigenvalue weighted by Crippen LogP contribution is -2.28. The largest absolute Gasteiger partial charge is 0.434 e. The molecule has 0 aromatic rings. The second-order valence-electron chi connectivity index (χ2n) is 3.96. The lowest BCUT2D eigenvalue weighted by atomic mass is 9.85. The minimum absolute atomic E-state index is 0.153. The van der Waals surface area contributed by atoms with Gasteiger partial charge in [0, 0.05) is 0 Å². The molecule has 0 amide bonds. The molecule has 1 heterocycles. The van der Waals surface area contributed by atoms with Crippen molar-refractivity contribution >= 4 is 5.97 Å². The van der Waals surface area contributed by atoms with Gasteiger partial charge >= 0.3 is 5.97 Å². The summed E-state index contributed by atoms with van der Waals surface area (Å²) in [6.07, 6.45) is 5.39. The lowest BCUT2D eigenvalue weighted by Gasteiger charge is -2.23. The maximum absolute atomic E-state index is 11.3. The first kappa shape index (κ1) is 9.00. The second-order valence-corrected chi connectivity index (χ2v) is 3.96. The Morgan fingerprint density at radius 2 is 1.92 bits per heavy atom. The molecule has 2 rings (SSSR count).